The molecule has 0 saturated carbocycles. The summed E-state index contributed by atoms with van der Waals surface area (Å²) < 4.78 is 6.34. The van der Waals surface area contributed by atoms with Crippen LogP contribution in [0.1, 0.15) is 11.3 Å². The molecule has 0 radical (unpaired) electrons. The molecule has 9 nitrogen and oxygen atoms in total. The summed E-state index contributed by atoms with van der Waals surface area (Å²) in [6.45, 7) is 1.99. The number of thioether (sulfide) groups is 1. The molecule has 2 heterocycles. The zero-order chi connectivity index (χ0) is 18.4. The number of carbonyl (C=O) groups is 1. The molecule has 3 rings (SSSR count). The highest BCUT2D eigenvalue weighted by Gasteiger charge is 2.12. The largest absolute Gasteiger partial charge is 0.463 e. The summed E-state index contributed by atoms with van der Waals surface area (Å²) in [4.78, 5) is 12.0. The number of hydrogen-bond donors (Lipinski definition) is 3. The van der Waals surface area contributed by atoms with Crippen LogP contribution < -0.4 is 16.6 Å². The standard InChI is InChI=1S/C16H17N7O2S/c1-11-4-6-12(7-5-11)19-14(24)10-26-16-22-21-15(23(16)17)20-18-9-13-3-2-8-25-13/h2-9H,10,17H2,1H3,(H,19,24)(H,20,21)/b18-9+. The lowest BCUT2D eigenvalue weighted by Crippen LogP contribution is -2.16. The number of hydrogen-bond acceptors (Lipinski definition) is 8. The first-order valence-corrected chi connectivity index (χ1v) is 8.63. The summed E-state index contributed by atoms with van der Waals surface area (Å²) in [5.74, 6) is 6.72. The SMILES string of the molecule is Cc1ccc(NC(=O)CSc2nnc(N/N=C/c3ccco3)n2N)cc1. The molecule has 0 fully saturated rings. The Morgan fingerprint density at radius 3 is 2.88 bits per heavy atom. The Bertz CT molecular complexity index is 888. The molecule has 0 unspecified atom stereocenters. The van der Waals surface area contributed by atoms with Crippen LogP contribution >= 0.6 is 11.8 Å². The molecule has 0 aliphatic carbocycles. The van der Waals surface area contributed by atoms with E-state index in [2.05, 4.69) is 26.0 Å². The summed E-state index contributed by atoms with van der Waals surface area (Å²) in [7, 11) is 0. The van der Waals surface area contributed by atoms with Gasteiger partial charge in [-0.2, -0.15) is 5.10 Å². The summed E-state index contributed by atoms with van der Waals surface area (Å²) in [6.07, 6.45) is 3.03. The van der Waals surface area contributed by atoms with Gasteiger partial charge in [-0.3, -0.25) is 4.79 Å². The van der Waals surface area contributed by atoms with Gasteiger partial charge in [-0.1, -0.05) is 29.5 Å². The molecular weight excluding hydrogens is 354 g/mol. The number of nitrogen functional groups attached to an aromatic ring is 1. The first-order chi connectivity index (χ1) is 12.6. The Kier molecular flexibility index (Phi) is 5.54. The normalized spacial score (nSPS) is 11.0. The van der Waals surface area contributed by atoms with Crippen molar-refractivity contribution in [1.29, 1.82) is 0 Å². The molecular formula is C16H17N7O2S. The highest BCUT2D eigenvalue weighted by molar-refractivity contribution is 7.99. The topological polar surface area (TPSA) is 123 Å². The van der Waals surface area contributed by atoms with Gasteiger partial charge < -0.3 is 15.6 Å². The molecule has 0 bridgehead atoms. The van der Waals surface area contributed by atoms with E-state index < -0.39 is 0 Å². The third-order valence-corrected chi connectivity index (χ3v) is 4.17. The van der Waals surface area contributed by atoms with Gasteiger partial charge in [0.1, 0.15) is 5.76 Å². The minimum absolute atomic E-state index is 0.152. The van der Waals surface area contributed by atoms with Crippen molar-refractivity contribution in [2.45, 2.75) is 12.1 Å². The van der Waals surface area contributed by atoms with Gasteiger partial charge in [0.15, 0.2) is 0 Å². The molecule has 0 aliphatic heterocycles. The predicted octanol–water partition coefficient (Wildman–Crippen LogP) is 2.07. The van der Waals surface area contributed by atoms with Gasteiger partial charge in [0.2, 0.25) is 11.1 Å². The van der Waals surface area contributed by atoms with Gasteiger partial charge >= 0.3 is 0 Å². The van der Waals surface area contributed by atoms with Crippen LogP contribution in [0.2, 0.25) is 0 Å². The van der Waals surface area contributed by atoms with Gasteiger partial charge in [0.25, 0.3) is 5.95 Å². The van der Waals surface area contributed by atoms with Crippen molar-refractivity contribution in [2.75, 3.05) is 22.3 Å². The fourth-order valence-corrected chi connectivity index (χ4v) is 2.59. The Hall–Kier alpha value is -3.27. The number of aromatic nitrogens is 3. The zero-order valence-corrected chi connectivity index (χ0v) is 14.7. The van der Waals surface area contributed by atoms with Crippen LogP contribution in [0.3, 0.4) is 0 Å². The van der Waals surface area contributed by atoms with Crippen LogP contribution in [0, 0.1) is 6.92 Å². The number of nitrogens with two attached hydrogens (primary N) is 1. The number of hydrazone groups is 1. The second-order valence-corrected chi connectivity index (χ2v) is 6.21. The number of carbonyl (C=O) groups excluding carboxylic acids is 1. The monoisotopic (exact) mass is 371 g/mol. The van der Waals surface area contributed by atoms with Gasteiger partial charge in [0, 0.05) is 5.69 Å². The average Bonchev–Trinajstić information content (AvgIpc) is 3.26. The second-order valence-electron chi connectivity index (χ2n) is 5.26. The third kappa shape index (κ3) is 4.63. The van der Waals surface area contributed by atoms with E-state index >= 15 is 0 Å². The predicted molar refractivity (Wildman–Crippen MR) is 101 cm³/mol. The maximum atomic E-state index is 12.0. The van der Waals surface area contributed by atoms with Crippen molar-refractivity contribution in [1.82, 2.24) is 14.9 Å². The number of nitrogens with one attached hydrogen (secondary N) is 2. The number of aryl methyl sites for hydroxylation is 1. The van der Waals surface area contributed by atoms with Crippen LogP contribution in [0.4, 0.5) is 11.6 Å². The molecule has 3 aromatic rings. The van der Waals surface area contributed by atoms with Gasteiger partial charge in [-0.15, -0.1) is 10.2 Å². The van der Waals surface area contributed by atoms with E-state index in [1.54, 1.807) is 18.4 Å². The van der Waals surface area contributed by atoms with Crippen molar-refractivity contribution in [2.24, 2.45) is 5.10 Å². The summed E-state index contributed by atoms with van der Waals surface area (Å²) in [5, 5.41) is 15.0. The highest BCUT2D eigenvalue weighted by atomic mass is 32.2. The lowest BCUT2D eigenvalue weighted by molar-refractivity contribution is -0.113. The molecule has 134 valence electrons. The lowest BCUT2D eigenvalue weighted by atomic mass is 10.2. The minimum atomic E-state index is -0.160. The van der Waals surface area contributed by atoms with Crippen molar-refractivity contribution >= 4 is 35.5 Å². The van der Waals surface area contributed by atoms with E-state index in [0.717, 1.165) is 11.3 Å². The van der Waals surface area contributed by atoms with E-state index in [9.17, 15) is 4.79 Å². The number of rotatable bonds is 7. The summed E-state index contributed by atoms with van der Waals surface area (Å²) in [6, 6.07) is 11.1. The Morgan fingerprint density at radius 1 is 1.35 bits per heavy atom. The molecule has 1 aromatic carbocycles. The van der Waals surface area contributed by atoms with Crippen LogP contribution in [0.25, 0.3) is 0 Å². The molecule has 0 spiro atoms. The van der Waals surface area contributed by atoms with Crippen molar-refractivity contribution in [3.63, 3.8) is 0 Å². The number of furan rings is 1. The maximum absolute atomic E-state index is 12.0. The molecule has 0 atom stereocenters. The number of anilines is 2. The summed E-state index contributed by atoms with van der Waals surface area (Å²) in [5.41, 5.74) is 4.53. The van der Waals surface area contributed by atoms with Gasteiger partial charge in [-0.25, -0.2) is 10.1 Å². The maximum Gasteiger partial charge on any atom is 0.264 e. The van der Waals surface area contributed by atoms with E-state index in [1.807, 2.05) is 31.2 Å². The number of benzene rings is 1. The van der Waals surface area contributed by atoms with Crippen LogP contribution in [-0.2, 0) is 4.79 Å². The van der Waals surface area contributed by atoms with E-state index in [-0.39, 0.29) is 17.6 Å². The molecule has 4 N–H and O–H groups in total. The lowest BCUT2D eigenvalue weighted by Gasteiger charge is -2.05. The van der Waals surface area contributed by atoms with Crippen molar-refractivity contribution < 1.29 is 9.21 Å². The quantitative estimate of drug-likeness (QED) is 0.251. The Morgan fingerprint density at radius 2 is 2.15 bits per heavy atom. The molecule has 0 aliphatic rings. The minimum Gasteiger partial charge on any atom is -0.463 e. The first kappa shape index (κ1) is 17.5. The van der Waals surface area contributed by atoms with Crippen LogP contribution in [-0.4, -0.2) is 32.7 Å². The van der Waals surface area contributed by atoms with Crippen molar-refractivity contribution in [3.8, 4) is 0 Å². The Balaban J connectivity index is 1.51. The van der Waals surface area contributed by atoms with Crippen molar-refractivity contribution in [3.05, 3.63) is 54.0 Å². The average molecular weight is 371 g/mol. The summed E-state index contributed by atoms with van der Waals surface area (Å²) >= 11 is 1.17. The van der Waals surface area contributed by atoms with E-state index in [1.165, 1.54) is 22.7 Å². The van der Waals surface area contributed by atoms with Crippen LogP contribution in [0.5, 0.6) is 0 Å². The fourth-order valence-electron chi connectivity index (χ4n) is 1.93. The van der Waals surface area contributed by atoms with E-state index in [0.29, 0.717) is 10.9 Å². The third-order valence-electron chi connectivity index (χ3n) is 3.23. The van der Waals surface area contributed by atoms with Gasteiger partial charge in [-0.05, 0) is 31.2 Å². The number of nitrogens with zero attached hydrogens (tertiary/aromatic N) is 4. The smallest absolute Gasteiger partial charge is 0.264 e. The Labute approximate surface area is 153 Å². The molecule has 26 heavy (non-hydrogen) atoms. The molecule has 1 amide bonds. The molecule has 2 aromatic heterocycles. The number of amides is 1. The van der Waals surface area contributed by atoms with Crippen LogP contribution in [0.15, 0.2) is 57.3 Å². The molecule has 10 heteroatoms. The fraction of sp³-hybridized carbons (Fsp3) is 0.125. The van der Waals surface area contributed by atoms with Gasteiger partial charge in [0.05, 0.1) is 18.2 Å². The molecule has 0 saturated heterocycles. The second kappa shape index (κ2) is 8.21. The first-order valence-electron chi connectivity index (χ1n) is 7.64. The highest BCUT2D eigenvalue weighted by Crippen LogP contribution is 2.17. The zero-order valence-electron chi connectivity index (χ0n) is 13.9. The van der Waals surface area contributed by atoms with E-state index in [4.69, 9.17) is 10.3 Å².